The van der Waals surface area contributed by atoms with Gasteiger partial charge in [0.05, 0.1) is 24.1 Å². The lowest BCUT2D eigenvalue weighted by Crippen LogP contribution is -2.03. The normalized spacial score (nSPS) is 11.1. The molecule has 0 aliphatic heterocycles. The van der Waals surface area contributed by atoms with Crippen LogP contribution in [0.3, 0.4) is 0 Å². The summed E-state index contributed by atoms with van der Waals surface area (Å²) >= 11 is 0. The maximum absolute atomic E-state index is 10.8. The van der Waals surface area contributed by atoms with Gasteiger partial charge in [0.25, 0.3) is 0 Å². The number of rotatable bonds is 6. The van der Waals surface area contributed by atoms with Crippen LogP contribution in [0.5, 0.6) is 5.75 Å². The molecule has 5 nitrogen and oxygen atoms in total. The third-order valence-corrected chi connectivity index (χ3v) is 3.21. The van der Waals surface area contributed by atoms with Crippen molar-refractivity contribution in [3.8, 4) is 5.75 Å². The molecule has 0 radical (unpaired) electrons. The molecule has 114 valence electrons. The van der Waals surface area contributed by atoms with Gasteiger partial charge in [-0.2, -0.15) is 5.10 Å². The predicted molar refractivity (Wildman–Crippen MR) is 86.8 cm³/mol. The molecule has 0 amide bonds. The number of ether oxygens (including phenoxy) is 1. The van der Waals surface area contributed by atoms with Crippen molar-refractivity contribution < 1.29 is 14.6 Å². The largest absolute Gasteiger partial charge is 0.497 e. The molecule has 22 heavy (non-hydrogen) atoms. The number of methoxy groups -OCH3 is 1. The molecule has 2 rings (SSSR count). The zero-order valence-corrected chi connectivity index (χ0v) is 12.5. The molecule has 0 saturated heterocycles. The van der Waals surface area contributed by atoms with E-state index in [4.69, 9.17) is 9.84 Å². The van der Waals surface area contributed by atoms with Crippen LogP contribution in [0, 0.1) is 0 Å². The molecule has 0 saturated carbocycles. The van der Waals surface area contributed by atoms with E-state index in [1.165, 1.54) is 0 Å². The third kappa shape index (κ3) is 3.85. The summed E-state index contributed by atoms with van der Waals surface area (Å²) in [7, 11) is 1.63. The van der Waals surface area contributed by atoms with Gasteiger partial charge in [-0.3, -0.25) is 5.43 Å². The van der Waals surface area contributed by atoms with Gasteiger partial charge in [0, 0.05) is 0 Å². The van der Waals surface area contributed by atoms with Gasteiger partial charge in [-0.1, -0.05) is 6.92 Å². The Morgan fingerprint density at radius 1 is 1.09 bits per heavy atom. The maximum Gasteiger partial charge on any atom is 0.335 e. The molecule has 0 spiro atoms. The molecule has 0 fully saturated rings. The minimum Gasteiger partial charge on any atom is -0.497 e. The van der Waals surface area contributed by atoms with Gasteiger partial charge in [-0.15, -0.1) is 0 Å². The average molecular weight is 298 g/mol. The summed E-state index contributed by atoms with van der Waals surface area (Å²) in [5.41, 5.74) is 5.86. The smallest absolute Gasteiger partial charge is 0.335 e. The van der Waals surface area contributed by atoms with Gasteiger partial charge < -0.3 is 9.84 Å². The summed E-state index contributed by atoms with van der Waals surface area (Å²) in [4.78, 5) is 10.8. The second kappa shape index (κ2) is 7.26. The average Bonchev–Trinajstić information content (AvgIpc) is 2.56. The first kappa shape index (κ1) is 15.6. The highest BCUT2D eigenvalue weighted by molar-refractivity contribution is 6.00. The standard InChI is InChI=1S/C17H18N2O3/c1-3-16(12-6-10-15(22-2)11-7-12)19-18-14-8-4-13(5-9-14)17(20)21/h4-11,18H,3H2,1-2H3,(H,20,21)/b19-16-. The predicted octanol–water partition coefficient (Wildman–Crippen LogP) is 3.62. The van der Waals surface area contributed by atoms with E-state index in [9.17, 15) is 4.79 Å². The Balaban J connectivity index is 2.12. The van der Waals surface area contributed by atoms with Gasteiger partial charge in [0.1, 0.15) is 5.75 Å². The monoisotopic (exact) mass is 298 g/mol. The molecule has 0 aliphatic carbocycles. The molecular formula is C17H18N2O3. The summed E-state index contributed by atoms with van der Waals surface area (Å²) in [6.45, 7) is 2.03. The number of hydrazone groups is 1. The zero-order chi connectivity index (χ0) is 15.9. The molecule has 2 aromatic carbocycles. The summed E-state index contributed by atoms with van der Waals surface area (Å²) < 4.78 is 5.14. The van der Waals surface area contributed by atoms with E-state index < -0.39 is 5.97 Å². The van der Waals surface area contributed by atoms with Gasteiger partial charge in [0.2, 0.25) is 0 Å². The topological polar surface area (TPSA) is 70.9 Å². The number of carboxylic acids is 1. The van der Waals surface area contributed by atoms with E-state index in [2.05, 4.69) is 10.5 Å². The van der Waals surface area contributed by atoms with E-state index in [1.807, 2.05) is 31.2 Å². The van der Waals surface area contributed by atoms with E-state index >= 15 is 0 Å². The molecule has 0 heterocycles. The number of hydrogen-bond acceptors (Lipinski definition) is 4. The van der Waals surface area contributed by atoms with Crippen LogP contribution in [-0.2, 0) is 0 Å². The number of nitrogens with one attached hydrogen (secondary N) is 1. The van der Waals surface area contributed by atoms with Crippen LogP contribution in [0.2, 0.25) is 0 Å². The first-order valence-electron chi connectivity index (χ1n) is 6.94. The fourth-order valence-electron chi connectivity index (χ4n) is 1.95. The van der Waals surface area contributed by atoms with Crippen LogP contribution < -0.4 is 10.2 Å². The molecule has 2 N–H and O–H groups in total. The highest BCUT2D eigenvalue weighted by Crippen LogP contribution is 2.14. The van der Waals surface area contributed by atoms with Crippen molar-refractivity contribution in [1.29, 1.82) is 0 Å². The van der Waals surface area contributed by atoms with Gasteiger partial charge in [-0.25, -0.2) is 4.79 Å². The van der Waals surface area contributed by atoms with Crippen molar-refractivity contribution in [3.63, 3.8) is 0 Å². The fraction of sp³-hybridized carbons (Fsp3) is 0.176. The van der Waals surface area contributed by atoms with Crippen LogP contribution in [0.1, 0.15) is 29.3 Å². The quantitative estimate of drug-likeness (QED) is 0.631. The highest BCUT2D eigenvalue weighted by Gasteiger charge is 2.03. The number of anilines is 1. The van der Waals surface area contributed by atoms with Gasteiger partial charge in [0.15, 0.2) is 0 Å². The number of aromatic carboxylic acids is 1. The van der Waals surface area contributed by atoms with E-state index in [0.717, 1.165) is 29.1 Å². The van der Waals surface area contributed by atoms with E-state index in [1.54, 1.807) is 31.4 Å². The Labute approximate surface area is 129 Å². The second-order valence-electron chi connectivity index (χ2n) is 4.63. The molecule has 0 unspecified atom stereocenters. The van der Waals surface area contributed by atoms with Crippen molar-refractivity contribution in [3.05, 3.63) is 59.7 Å². The number of benzene rings is 2. The van der Waals surface area contributed by atoms with Crippen molar-refractivity contribution in [2.24, 2.45) is 5.10 Å². The third-order valence-electron chi connectivity index (χ3n) is 3.21. The zero-order valence-electron chi connectivity index (χ0n) is 12.5. The van der Waals surface area contributed by atoms with Crippen molar-refractivity contribution in [2.75, 3.05) is 12.5 Å². The Bertz CT molecular complexity index is 661. The molecule has 2 aromatic rings. The molecule has 5 heteroatoms. The van der Waals surface area contributed by atoms with E-state index in [-0.39, 0.29) is 5.56 Å². The number of carbonyl (C=O) groups is 1. The molecule has 0 bridgehead atoms. The SMILES string of the molecule is CC/C(=N/Nc1ccc(C(=O)O)cc1)c1ccc(OC)cc1. The number of hydrogen-bond donors (Lipinski definition) is 2. The summed E-state index contributed by atoms with van der Waals surface area (Å²) in [6, 6.07) is 14.2. The van der Waals surface area contributed by atoms with E-state index in [0.29, 0.717) is 0 Å². The minimum absolute atomic E-state index is 0.250. The van der Waals surface area contributed by atoms with Crippen molar-refractivity contribution in [2.45, 2.75) is 13.3 Å². The molecule has 0 atom stereocenters. The van der Waals surface area contributed by atoms with Crippen LogP contribution in [0.25, 0.3) is 0 Å². The lowest BCUT2D eigenvalue weighted by Gasteiger charge is -2.07. The Kier molecular flexibility index (Phi) is 5.14. The van der Waals surface area contributed by atoms with Crippen LogP contribution in [0.15, 0.2) is 53.6 Å². The van der Waals surface area contributed by atoms with Gasteiger partial charge in [-0.05, 0) is 60.5 Å². The van der Waals surface area contributed by atoms with Crippen molar-refractivity contribution in [1.82, 2.24) is 0 Å². The van der Waals surface area contributed by atoms with Gasteiger partial charge >= 0.3 is 5.97 Å². The minimum atomic E-state index is -0.942. The first-order chi connectivity index (χ1) is 10.6. The van der Waals surface area contributed by atoms with Crippen LogP contribution >= 0.6 is 0 Å². The number of carboxylic acid groups (broad SMARTS) is 1. The highest BCUT2D eigenvalue weighted by atomic mass is 16.5. The summed E-state index contributed by atoms with van der Waals surface area (Å²) in [5, 5.41) is 13.3. The number of nitrogens with zero attached hydrogens (tertiary/aromatic N) is 1. The molecule has 0 aliphatic rings. The van der Waals surface area contributed by atoms with Crippen molar-refractivity contribution >= 4 is 17.4 Å². The lowest BCUT2D eigenvalue weighted by atomic mass is 10.1. The summed E-state index contributed by atoms with van der Waals surface area (Å²) in [5.74, 6) is -0.140. The fourth-order valence-corrected chi connectivity index (χ4v) is 1.95. The summed E-state index contributed by atoms with van der Waals surface area (Å²) in [6.07, 6.45) is 0.770. The second-order valence-corrected chi connectivity index (χ2v) is 4.63. The first-order valence-corrected chi connectivity index (χ1v) is 6.94. The lowest BCUT2D eigenvalue weighted by molar-refractivity contribution is 0.0697. The van der Waals surface area contributed by atoms with Crippen LogP contribution in [-0.4, -0.2) is 23.9 Å². The Morgan fingerprint density at radius 3 is 2.18 bits per heavy atom. The molecular weight excluding hydrogens is 280 g/mol. The molecule has 0 aromatic heterocycles. The Morgan fingerprint density at radius 2 is 1.68 bits per heavy atom. The Hall–Kier alpha value is -2.82. The maximum atomic E-state index is 10.8. The van der Waals surface area contributed by atoms with Crippen LogP contribution in [0.4, 0.5) is 5.69 Å².